The Morgan fingerprint density at radius 2 is 1.77 bits per heavy atom. The number of hydrogen-bond acceptors (Lipinski definition) is 2. The molecule has 0 saturated heterocycles. The molecule has 26 heavy (non-hydrogen) atoms. The van der Waals surface area contributed by atoms with Gasteiger partial charge in [-0.3, -0.25) is 4.79 Å². The van der Waals surface area contributed by atoms with Crippen molar-refractivity contribution in [3.8, 4) is 16.8 Å². The van der Waals surface area contributed by atoms with Crippen molar-refractivity contribution < 1.29 is 4.79 Å². The van der Waals surface area contributed by atoms with Gasteiger partial charge in [0.1, 0.15) is 5.69 Å². The lowest BCUT2D eigenvalue weighted by Crippen LogP contribution is -2.36. The van der Waals surface area contributed by atoms with Crippen molar-refractivity contribution in [3.63, 3.8) is 0 Å². The van der Waals surface area contributed by atoms with Gasteiger partial charge in [-0.2, -0.15) is 0 Å². The molecule has 0 atom stereocenters. The van der Waals surface area contributed by atoms with Crippen molar-refractivity contribution in [2.45, 2.75) is 24.9 Å². The molecule has 3 aromatic rings. The molecule has 0 unspecified atom stereocenters. The monoisotopic (exact) mass is 343 g/mol. The molecule has 5 rings (SSSR count). The summed E-state index contributed by atoms with van der Waals surface area (Å²) in [5.41, 5.74) is 12.1. The minimum atomic E-state index is -0.145. The summed E-state index contributed by atoms with van der Waals surface area (Å²) in [6.45, 7) is 0.550. The highest BCUT2D eigenvalue weighted by Crippen LogP contribution is 2.54. The van der Waals surface area contributed by atoms with Gasteiger partial charge in [-0.05, 0) is 47.7 Å². The van der Waals surface area contributed by atoms with E-state index in [9.17, 15) is 4.79 Å². The topological polar surface area (TPSA) is 51.3 Å². The number of fused-ring (bicyclic) bond motifs is 4. The molecular weight excluding hydrogens is 322 g/mol. The molecule has 1 aliphatic carbocycles. The largest absolute Gasteiger partial charge is 0.331 e. The zero-order chi connectivity index (χ0) is 17.9. The van der Waals surface area contributed by atoms with Crippen molar-refractivity contribution in [1.29, 1.82) is 0 Å². The van der Waals surface area contributed by atoms with Crippen LogP contribution in [0.3, 0.4) is 0 Å². The molecule has 0 radical (unpaired) electrons. The maximum absolute atomic E-state index is 12.9. The summed E-state index contributed by atoms with van der Waals surface area (Å²) in [6.07, 6.45) is 4.04. The number of nitrogens with two attached hydrogens (primary N) is 1. The van der Waals surface area contributed by atoms with Gasteiger partial charge in [0, 0.05) is 25.4 Å². The molecule has 1 spiro atoms. The summed E-state index contributed by atoms with van der Waals surface area (Å²) < 4.78 is 2.04. The van der Waals surface area contributed by atoms with E-state index in [0.717, 1.165) is 40.9 Å². The van der Waals surface area contributed by atoms with Crippen molar-refractivity contribution in [2.75, 3.05) is 7.05 Å². The lowest BCUT2D eigenvalue weighted by Gasteiger charge is -2.27. The highest BCUT2D eigenvalue weighted by molar-refractivity contribution is 5.95. The lowest BCUT2D eigenvalue weighted by atomic mass is 9.96. The Bertz CT molecular complexity index is 1010. The molecule has 2 aromatic carbocycles. The summed E-state index contributed by atoms with van der Waals surface area (Å²) in [6, 6.07) is 18.8. The Morgan fingerprint density at radius 3 is 2.46 bits per heavy atom. The van der Waals surface area contributed by atoms with Crippen molar-refractivity contribution >= 4 is 5.91 Å². The number of aromatic nitrogens is 1. The maximum Gasteiger partial charge on any atom is 0.271 e. The molecule has 2 aliphatic rings. The number of benzene rings is 2. The normalized spacial score (nSPS) is 17.0. The summed E-state index contributed by atoms with van der Waals surface area (Å²) in [5.74, 6) is 0.0950. The van der Waals surface area contributed by atoms with E-state index in [1.807, 2.05) is 34.8 Å². The highest BCUT2D eigenvalue weighted by atomic mass is 16.2. The fourth-order valence-corrected chi connectivity index (χ4v) is 4.17. The first kappa shape index (κ1) is 15.4. The molecule has 2 N–H and O–H groups in total. The third-order valence-electron chi connectivity index (χ3n) is 5.92. The van der Waals surface area contributed by atoms with Crippen LogP contribution in [0, 0.1) is 0 Å². The second-order valence-corrected chi connectivity index (χ2v) is 7.29. The summed E-state index contributed by atoms with van der Waals surface area (Å²) >= 11 is 0. The zero-order valence-electron chi connectivity index (χ0n) is 14.8. The number of amides is 1. The molecule has 4 heteroatoms. The third-order valence-corrected chi connectivity index (χ3v) is 5.92. The quantitative estimate of drug-likeness (QED) is 0.772. The molecule has 1 aromatic heterocycles. The molecule has 1 fully saturated rings. The average Bonchev–Trinajstić information content (AvgIpc) is 3.36. The first-order valence-corrected chi connectivity index (χ1v) is 9.04. The van der Waals surface area contributed by atoms with Crippen molar-refractivity contribution in [1.82, 2.24) is 9.47 Å². The molecule has 2 heterocycles. The predicted octanol–water partition coefficient (Wildman–Crippen LogP) is 3.68. The van der Waals surface area contributed by atoms with Crippen LogP contribution in [0.25, 0.3) is 16.8 Å². The van der Waals surface area contributed by atoms with E-state index in [-0.39, 0.29) is 11.4 Å². The third kappa shape index (κ3) is 2.02. The Morgan fingerprint density at radius 1 is 1.04 bits per heavy atom. The predicted molar refractivity (Wildman–Crippen MR) is 102 cm³/mol. The fourth-order valence-electron chi connectivity index (χ4n) is 4.17. The number of nitrogens with zero attached hydrogens (tertiary/aromatic N) is 2. The van der Waals surface area contributed by atoms with Crippen LogP contribution in [0.1, 0.15) is 34.5 Å². The van der Waals surface area contributed by atoms with Gasteiger partial charge >= 0.3 is 0 Å². The Balaban J connectivity index is 1.71. The van der Waals surface area contributed by atoms with Gasteiger partial charge in [0.15, 0.2) is 0 Å². The average molecular weight is 343 g/mol. The smallest absolute Gasteiger partial charge is 0.271 e. The van der Waals surface area contributed by atoms with Gasteiger partial charge < -0.3 is 15.2 Å². The van der Waals surface area contributed by atoms with Crippen LogP contribution in [-0.2, 0) is 12.1 Å². The van der Waals surface area contributed by atoms with E-state index in [0.29, 0.717) is 6.54 Å². The summed E-state index contributed by atoms with van der Waals surface area (Å²) in [4.78, 5) is 14.9. The first-order valence-electron chi connectivity index (χ1n) is 9.04. The van der Waals surface area contributed by atoms with E-state index >= 15 is 0 Å². The maximum atomic E-state index is 12.9. The summed E-state index contributed by atoms with van der Waals surface area (Å²) in [7, 11) is 1.93. The van der Waals surface area contributed by atoms with E-state index in [1.54, 1.807) is 0 Å². The van der Waals surface area contributed by atoms with Gasteiger partial charge in [-0.1, -0.05) is 36.4 Å². The number of rotatable bonds is 2. The van der Waals surface area contributed by atoms with Crippen LogP contribution in [0.5, 0.6) is 0 Å². The second-order valence-electron chi connectivity index (χ2n) is 7.29. The molecule has 4 nitrogen and oxygen atoms in total. The number of carbonyl (C=O) groups is 1. The van der Waals surface area contributed by atoms with Gasteiger partial charge in [0.05, 0.1) is 11.2 Å². The number of hydrogen-bond donors (Lipinski definition) is 1. The van der Waals surface area contributed by atoms with Gasteiger partial charge in [0.2, 0.25) is 0 Å². The second kappa shape index (κ2) is 5.32. The molecule has 1 saturated carbocycles. The highest BCUT2D eigenvalue weighted by Gasteiger charge is 2.53. The van der Waals surface area contributed by atoms with E-state index in [1.165, 1.54) is 5.56 Å². The molecule has 0 bridgehead atoms. The van der Waals surface area contributed by atoms with Crippen LogP contribution in [-0.4, -0.2) is 22.4 Å². The van der Waals surface area contributed by atoms with Gasteiger partial charge in [-0.25, -0.2) is 0 Å². The van der Waals surface area contributed by atoms with Crippen molar-refractivity contribution in [3.05, 3.63) is 77.6 Å². The molecule has 1 amide bonds. The van der Waals surface area contributed by atoms with E-state index < -0.39 is 0 Å². The Hall–Kier alpha value is -2.85. The Kier molecular flexibility index (Phi) is 3.15. The SMILES string of the molecule is CN1C(=O)c2cccn2-c2cc(-c3ccc(CN)cc3)ccc2C12CC2. The summed E-state index contributed by atoms with van der Waals surface area (Å²) in [5, 5.41) is 0. The fraction of sp³-hybridized carbons (Fsp3) is 0.227. The minimum absolute atomic E-state index is 0.0950. The van der Waals surface area contributed by atoms with Crippen LogP contribution in [0.15, 0.2) is 60.8 Å². The van der Waals surface area contributed by atoms with Crippen LogP contribution < -0.4 is 5.73 Å². The zero-order valence-corrected chi connectivity index (χ0v) is 14.8. The molecule has 130 valence electrons. The van der Waals surface area contributed by atoms with Crippen LogP contribution in [0.4, 0.5) is 0 Å². The lowest BCUT2D eigenvalue weighted by molar-refractivity contribution is 0.0705. The number of carbonyl (C=O) groups excluding carboxylic acids is 1. The Labute approximate surface area is 152 Å². The van der Waals surface area contributed by atoms with Crippen molar-refractivity contribution in [2.24, 2.45) is 5.73 Å². The van der Waals surface area contributed by atoms with Crippen LogP contribution in [0.2, 0.25) is 0 Å². The van der Waals surface area contributed by atoms with Gasteiger partial charge in [0.25, 0.3) is 5.91 Å². The van der Waals surface area contributed by atoms with E-state index in [2.05, 4.69) is 42.5 Å². The molecule has 1 aliphatic heterocycles. The molecular formula is C22H21N3O. The first-order chi connectivity index (χ1) is 12.6. The standard InChI is InChI=1S/C22H21N3O/c1-24-21(26)19-3-2-12-25(19)20-13-17(8-9-18(20)22(24)10-11-22)16-6-4-15(14-23)5-7-16/h2-9,12-13H,10-11,14,23H2,1H3. The van der Waals surface area contributed by atoms with Crippen LogP contribution >= 0.6 is 0 Å². The van der Waals surface area contributed by atoms with Gasteiger partial charge in [-0.15, -0.1) is 0 Å². The minimum Gasteiger partial charge on any atom is -0.331 e. The van der Waals surface area contributed by atoms with E-state index in [4.69, 9.17) is 5.73 Å².